The fourth-order valence-electron chi connectivity index (χ4n) is 2.55. The third-order valence-electron chi connectivity index (χ3n) is 3.83. The van der Waals surface area contributed by atoms with Gasteiger partial charge in [0.2, 0.25) is 11.7 Å². The number of hydrogen-bond donors (Lipinski definition) is 0. The van der Waals surface area contributed by atoms with Crippen molar-refractivity contribution in [2.45, 2.75) is 12.7 Å². The lowest BCUT2D eigenvalue weighted by Gasteiger charge is -2.23. The molecule has 0 radical (unpaired) electrons. The van der Waals surface area contributed by atoms with Crippen molar-refractivity contribution in [3.8, 4) is 16.6 Å². The molecule has 0 atom stereocenters. The molecule has 0 aromatic carbocycles. The molecule has 154 valence electrons. The molecule has 13 heteroatoms. The molecule has 4 aromatic rings. The lowest BCUT2D eigenvalue weighted by Crippen LogP contribution is -2.18. The number of alkyl halides is 3. The molecule has 0 N–H and O–H groups in total. The Morgan fingerprint density at radius 2 is 2.00 bits per heavy atom. The quantitative estimate of drug-likeness (QED) is 0.448. The van der Waals surface area contributed by atoms with Crippen molar-refractivity contribution in [2.24, 2.45) is 0 Å². The second-order valence-electron chi connectivity index (χ2n) is 5.75. The third kappa shape index (κ3) is 4.05. The monoisotopic (exact) mass is 435 g/mol. The highest BCUT2D eigenvalue weighted by molar-refractivity contribution is 7.15. The van der Waals surface area contributed by atoms with E-state index in [1.807, 2.05) is 0 Å². The molecule has 0 fully saturated rings. The first-order valence-electron chi connectivity index (χ1n) is 8.33. The Balaban J connectivity index is 1.65. The number of nitrogens with zero attached hydrogens (tertiary/aromatic N) is 7. The highest BCUT2D eigenvalue weighted by atomic mass is 32.1. The van der Waals surface area contributed by atoms with Crippen molar-refractivity contribution in [2.75, 3.05) is 12.0 Å². The summed E-state index contributed by atoms with van der Waals surface area (Å²) in [5.41, 5.74) is 0.550. The number of thiophene rings is 1. The highest BCUT2D eigenvalue weighted by Crippen LogP contribution is 2.35. The van der Waals surface area contributed by atoms with Crippen LogP contribution in [0.4, 0.5) is 24.7 Å². The number of halogens is 3. The van der Waals surface area contributed by atoms with E-state index in [2.05, 4.69) is 34.6 Å². The highest BCUT2D eigenvalue weighted by Gasteiger charge is 2.38. The van der Waals surface area contributed by atoms with E-state index in [0.29, 0.717) is 28.8 Å². The van der Waals surface area contributed by atoms with Crippen LogP contribution in [0.5, 0.6) is 5.88 Å². The first kappa shape index (κ1) is 19.7. The minimum Gasteiger partial charge on any atom is -0.479 e. The molecule has 4 rings (SSSR count). The zero-order valence-electron chi connectivity index (χ0n) is 15.2. The van der Waals surface area contributed by atoms with Crippen molar-refractivity contribution >= 4 is 22.8 Å². The van der Waals surface area contributed by atoms with Crippen molar-refractivity contribution in [1.82, 2.24) is 30.1 Å². The van der Waals surface area contributed by atoms with E-state index >= 15 is 0 Å². The number of ether oxygens (including phenoxy) is 1. The normalized spacial score (nSPS) is 11.5. The molecule has 0 aliphatic carbocycles. The molecule has 0 bridgehead atoms. The van der Waals surface area contributed by atoms with E-state index < -0.39 is 12.1 Å². The maximum Gasteiger partial charge on any atom is 0.471 e. The first-order valence-corrected chi connectivity index (χ1v) is 9.15. The Labute approximate surface area is 171 Å². The van der Waals surface area contributed by atoms with Crippen LogP contribution in [0.2, 0.25) is 0 Å². The van der Waals surface area contributed by atoms with Gasteiger partial charge >= 0.3 is 12.1 Å². The number of hydrogen-bond acceptors (Lipinski definition) is 10. The van der Waals surface area contributed by atoms with Gasteiger partial charge in [0, 0.05) is 17.3 Å². The number of aromatic nitrogens is 6. The fraction of sp³-hybridized carbons (Fsp3) is 0.176. The zero-order chi connectivity index (χ0) is 21.1. The Hall–Kier alpha value is -3.61. The Kier molecular flexibility index (Phi) is 5.27. The molecule has 0 saturated heterocycles. The Morgan fingerprint density at radius 3 is 2.70 bits per heavy atom. The maximum absolute atomic E-state index is 12.7. The summed E-state index contributed by atoms with van der Waals surface area (Å²) >= 11 is 1.22. The molecule has 4 heterocycles. The topological polar surface area (TPSA) is 103 Å². The molecule has 0 amide bonds. The second kappa shape index (κ2) is 8.02. The smallest absolute Gasteiger partial charge is 0.471 e. The van der Waals surface area contributed by atoms with Gasteiger partial charge in [-0.15, -0.1) is 11.3 Å². The minimum absolute atomic E-state index is 0.134. The van der Waals surface area contributed by atoms with E-state index in [4.69, 9.17) is 4.74 Å². The summed E-state index contributed by atoms with van der Waals surface area (Å²) in [6.07, 6.45) is 2.88. The Bertz CT molecular complexity index is 1130. The van der Waals surface area contributed by atoms with Crippen LogP contribution in [0.25, 0.3) is 10.7 Å². The van der Waals surface area contributed by atoms with Crippen LogP contribution in [0.15, 0.2) is 47.8 Å². The minimum atomic E-state index is -4.70. The van der Waals surface area contributed by atoms with Gasteiger partial charge in [-0.2, -0.15) is 23.1 Å². The van der Waals surface area contributed by atoms with Crippen LogP contribution >= 0.6 is 11.3 Å². The lowest BCUT2D eigenvalue weighted by atomic mass is 10.3. The van der Waals surface area contributed by atoms with Gasteiger partial charge in [-0.1, -0.05) is 5.16 Å². The third-order valence-corrected chi connectivity index (χ3v) is 4.90. The van der Waals surface area contributed by atoms with E-state index in [1.165, 1.54) is 37.2 Å². The van der Waals surface area contributed by atoms with Crippen LogP contribution < -0.4 is 9.64 Å². The summed E-state index contributed by atoms with van der Waals surface area (Å²) in [5, 5.41) is 3.42. The van der Waals surface area contributed by atoms with Gasteiger partial charge in [0.1, 0.15) is 12.0 Å². The molecule has 0 saturated carbocycles. The largest absolute Gasteiger partial charge is 0.479 e. The second-order valence-corrected chi connectivity index (χ2v) is 6.92. The molecule has 0 aliphatic heterocycles. The molecule has 0 unspecified atom stereocenters. The Morgan fingerprint density at radius 1 is 1.13 bits per heavy atom. The van der Waals surface area contributed by atoms with Crippen LogP contribution in [0.1, 0.15) is 10.8 Å². The molecule has 4 aromatic heterocycles. The predicted octanol–water partition coefficient (Wildman–Crippen LogP) is 3.74. The average Bonchev–Trinajstić information content (AvgIpc) is 3.42. The van der Waals surface area contributed by atoms with Gasteiger partial charge in [-0.3, -0.25) is 4.98 Å². The van der Waals surface area contributed by atoms with Crippen LogP contribution in [-0.4, -0.2) is 37.2 Å². The van der Waals surface area contributed by atoms with Crippen molar-refractivity contribution in [3.05, 3.63) is 54.0 Å². The summed E-state index contributed by atoms with van der Waals surface area (Å²) < 4.78 is 47.7. The molecule has 0 aliphatic rings. The molecular weight excluding hydrogens is 423 g/mol. The summed E-state index contributed by atoms with van der Waals surface area (Å²) in [5.74, 6) is -0.676. The predicted molar refractivity (Wildman–Crippen MR) is 99.1 cm³/mol. The van der Waals surface area contributed by atoms with Gasteiger partial charge in [-0.05, 0) is 12.1 Å². The van der Waals surface area contributed by atoms with E-state index in [0.717, 1.165) is 4.88 Å². The van der Waals surface area contributed by atoms with Crippen LogP contribution in [-0.2, 0) is 12.7 Å². The average molecular weight is 435 g/mol. The van der Waals surface area contributed by atoms with Crippen molar-refractivity contribution < 1.29 is 22.4 Å². The lowest BCUT2D eigenvalue weighted by molar-refractivity contribution is -0.159. The summed E-state index contributed by atoms with van der Waals surface area (Å²) in [7, 11) is 1.48. The number of methoxy groups -OCH3 is 1. The molecule has 30 heavy (non-hydrogen) atoms. The van der Waals surface area contributed by atoms with Gasteiger partial charge in [0.25, 0.3) is 0 Å². The molecule has 0 spiro atoms. The number of rotatable bonds is 6. The zero-order valence-corrected chi connectivity index (χ0v) is 16.1. The molecule has 9 nitrogen and oxygen atoms in total. The summed E-state index contributed by atoms with van der Waals surface area (Å²) in [4.78, 5) is 23.0. The van der Waals surface area contributed by atoms with Crippen molar-refractivity contribution in [3.63, 3.8) is 0 Å². The molecular formula is C17H12F3N7O2S. The maximum atomic E-state index is 12.7. The van der Waals surface area contributed by atoms with Crippen molar-refractivity contribution in [1.29, 1.82) is 0 Å². The van der Waals surface area contributed by atoms with Gasteiger partial charge in [0.15, 0.2) is 5.82 Å². The summed E-state index contributed by atoms with van der Waals surface area (Å²) in [6.45, 7) is 0.303. The van der Waals surface area contributed by atoms with Gasteiger partial charge in [-0.25, -0.2) is 9.97 Å². The van der Waals surface area contributed by atoms with Gasteiger partial charge < -0.3 is 14.2 Å². The standard InChI is InChI=1S/C17H12F3N7O2S/c1-28-15-11(6-22-9-24-15)27(13-7-21-4-5-23-13)8-10-2-3-12(30-10)14-25-16(29-26-14)17(18,19)20/h2-7,9H,8H2,1H3. The van der Waals surface area contributed by atoms with Crippen LogP contribution in [0, 0.1) is 0 Å². The summed E-state index contributed by atoms with van der Waals surface area (Å²) in [6, 6.07) is 3.38. The van der Waals surface area contributed by atoms with Gasteiger partial charge in [0.05, 0.1) is 30.9 Å². The fourth-order valence-corrected chi connectivity index (χ4v) is 3.47. The van der Waals surface area contributed by atoms with E-state index in [9.17, 15) is 13.2 Å². The number of anilines is 2. The van der Waals surface area contributed by atoms with E-state index in [-0.39, 0.29) is 5.82 Å². The SMILES string of the molecule is COc1ncncc1N(Cc1ccc(-c2noc(C(F)(F)F)n2)s1)c1cnccn1. The van der Waals surface area contributed by atoms with E-state index in [1.54, 1.807) is 29.4 Å². The first-order chi connectivity index (χ1) is 14.5. The van der Waals surface area contributed by atoms with Crippen LogP contribution in [0.3, 0.4) is 0 Å².